The van der Waals surface area contributed by atoms with E-state index in [4.69, 9.17) is 28.5 Å². The molecule has 0 spiro atoms. The molecule has 1 aliphatic heterocycles. The maximum Gasteiger partial charge on any atom is 0.410 e. The molecule has 0 aromatic heterocycles. The van der Waals surface area contributed by atoms with Crippen molar-refractivity contribution in [1.82, 2.24) is 9.96 Å². The Morgan fingerprint density at radius 2 is 1.40 bits per heavy atom. The SMILES string of the molecule is COc1cc(OC)c(C(=O)C2CCCN(C(=O)O)C(OC(=O)c3ccccc3)C2N(OC)C(=O)c2cc(C(C)C)c(OC)c(C(C)C)c2)c(F)c1OC. The third-order valence-corrected chi connectivity index (χ3v) is 9.30. The number of Topliss-reactive ketones (excluding diaryl/α,β-unsaturated/α-hetero) is 1. The van der Waals surface area contributed by atoms with E-state index in [-0.39, 0.29) is 59.6 Å². The Morgan fingerprint density at radius 3 is 1.89 bits per heavy atom. The summed E-state index contributed by atoms with van der Waals surface area (Å²) in [6.45, 7) is 7.58. The van der Waals surface area contributed by atoms with E-state index in [0.717, 1.165) is 21.1 Å². The van der Waals surface area contributed by atoms with Gasteiger partial charge in [0.15, 0.2) is 23.1 Å². The summed E-state index contributed by atoms with van der Waals surface area (Å²) in [7, 11) is 6.47. The number of amides is 2. The molecule has 14 heteroatoms. The summed E-state index contributed by atoms with van der Waals surface area (Å²) >= 11 is 0. The number of benzene rings is 3. The number of methoxy groups -OCH3 is 4. The van der Waals surface area contributed by atoms with Gasteiger partial charge in [-0.3, -0.25) is 19.3 Å². The molecular weight excluding hydrogens is 691 g/mol. The second-order valence-electron chi connectivity index (χ2n) is 13.1. The highest BCUT2D eigenvalue weighted by Crippen LogP contribution is 2.42. The van der Waals surface area contributed by atoms with Gasteiger partial charge < -0.3 is 28.8 Å². The number of ketones is 1. The Bertz CT molecular complexity index is 1790. The number of hydroxylamine groups is 2. The van der Waals surface area contributed by atoms with E-state index in [2.05, 4.69) is 0 Å². The van der Waals surface area contributed by atoms with Gasteiger partial charge in [-0.15, -0.1) is 0 Å². The highest BCUT2D eigenvalue weighted by molar-refractivity contribution is 6.03. The van der Waals surface area contributed by atoms with Crippen molar-refractivity contribution in [3.63, 3.8) is 0 Å². The average Bonchev–Trinajstić information content (AvgIpc) is 3.33. The number of carbonyl (C=O) groups is 4. The van der Waals surface area contributed by atoms with E-state index in [1.807, 2.05) is 27.7 Å². The van der Waals surface area contributed by atoms with E-state index in [1.54, 1.807) is 37.4 Å². The topological polar surface area (TPSA) is 150 Å². The van der Waals surface area contributed by atoms with Crippen LogP contribution in [0.3, 0.4) is 0 Å². The first-order valence-corrected chi connectivity index (χ1v) is 17.1. The third kappa shape index (κ3) is 8.17. The van der Waals surface area contributed by atoms with Crippen molar-refractivity contribution >= 4 is 23.8 Å². The highest BCUT2D eigenvalue weighted by atomic mass is 19.1. The van der Waals surface area contributed by atoms with Crippen molar-refractivity contribution in [1.29, 1.82) is 0 Å². The Hall–Kier alpha value is -5.37. The summed E-state index contributed by atoms with van der Waals surface area (Å²) < 4.78 is 44.0. The van der Waals surface area contributed by atoms with Crippen LogP contribution in [-0.2, 0) is 9.57 Å². The van der Waals surface area contributed by atoms with Crippen LogP contribution in [-0.4, -0.2) is 93.2 Å². The number of carboxylic acid groups (broad SMARTS) is 1. The third-order valence-electron chi connectivity index (χ3n) is 9.30. The summed E-state index contributed by atoms with van der Waals surface area (Å²) in [4.78, 5) is 62.8. The van der Waals surface area contributed by atoms with Crippen LogP contribution in [0.5, 0.6) is 23.0 Å². The number of likely N-dealkylation sites (tertiary alicyclic amines) is 1. The standard InChI is InChI=1S/C39H47FN2O11/c1-21(2)26-18-24(19-27(22(3)4)34(26)50-7)36(44)42(52-9)32-25(33(43)30-28(48-5)20-29(49-6)35(51-8)31(30)40)16-13-17-41(39(46)47)37(32)53-38(45)23-14-11-10-12-15-23/h10-12,14-15,18-22,25,32,37H,13,16-17H2,1-9H3,(H,46,47). The molecule has 2 amide bonds. The Kier molecular flexibility index (Phi) is 13.3. The number of halogens is 1. The van der Waals surface area contributed by atoms with Crippen LogP contribution in [0.15, 0.2) is 48.5 Å². The summed E-state index contributed by atoms with van der Waals surface area (Å²) in [6.07, 6.45) is -3.30. The maximum atomic E-state index is 16.3. The summed E-state index contributed by atoms with van der Waals surface area (Å²) in [5, 5.41) is 11.3. The number of rotatable bonds is 13. The lowest BCUT2D eigenvalue weighted by atomic mass is 9.85. The van der Waals surface area contributed by atoms with E-state index in [0.29, 0.717) is 5.75 Å². The average molecular weight is 739 g/mol. The van der Waals surface area contributed by atoms with Crippen LogP contribution in [0.25, 0.3) is 0 Å². The lowest BCUT2D eigenvalue weighted by Crippen LogP contribution is -2.59. The monoisotopic (exact) mass is 738 g/mol. The number of carbonyl (C=O) groups excluding carboxylic acids is 3. The molecular formula is C39H47FN2O11. The molecule has 1 aliphatic rings. The minimum atomic E-state index is -1.80. The van der Waals surface area contributed by atoms with Gasteiger partial charge >= 0.3 is 12.1 Å². The van der Waals surface area contributed by atoms with E-state index in [1.165, 1.54) is 46.6 Å². The van der Waals surface area contributed by atoms with E-state index >= 15 is 4.39 Å². The molecule has 4 rings (SSSR count). The van der Waals surface area contributed by atoms with Crippen molar-refractivity contribution in [2.45, 2.75) is 64.6 Å². The molecule has 3 aromatic rings. The molecule has 3 unspecified atom stereocenters. The molecule has 1 N–H and O–H groups in total. The van der Waals surface area contributed by atoms with Crippen LogP contribution in [0.4, 0.5) is 9.18 Å². The molecule has 0 bridgehead atoms. The fourth-order valence-corrected chi connectivity index (χ4v) is 6.68. The number of nitrogens with zero attached hydrogens (tertiary/aromatic N) is 2. The fourth-order valence-electron chi connectivity index (χ4n) is 6.68. The first kappa shape index (κ1) is 40.4. The molecule has 1 fully saturated rings. The van der Waals surface area contributed by atoms with Crippen LogP contribution < -0.4 is 18.9 Å². The zero-order chi connectivity index (χ0) is 39.1. The summed E-state index contributed by atoms with van der Waals surface area (Å²) in [5.74, 6) is -5.25. The molecule has 0 aliphatic carbocycles. The van der Waals surface area contributed by atoms with Crippen LogP contribution in [0, 0.1) is 11.7 Å². The van der Waals surface area contributed by atoms with Gasteiger partial charge in [-0.2, -0.15) is 0 Å². The molecule has 3 atom stereocenters. The quantitative estimate of drug-likeness (QED) is 0.110. The van der Waals surface area contributed by atoms with Gasteiger partial charge in [-0.25, -0.2) is 19.0 Å². The van der Waals surface area contributed by atoms with Crippen LogP contribution in [0.1, 0.15) is 94.6 Å². The first-order valence-electron chi connectivity index (χ1n) is 17.1. The van der Waals surface area contributed by atoms with Crippen molar-refractivity contribution in [2.24, 2.45) is 5.92 Å². The zero-order valence-corrected chi connectivity index (χ0v) is 31.4. The number of hydrogen-bond donors (Lipinski definition) is 1. The van der Waals surface area contributed by atoms with Crippen LogP contribution >= 0.6 is 0 Å². The second-order valence-corrected chi connectivity index (χ2v) is 13.1. The molecule has 1 heterocycles. The smallest absolute Gasteiger partial charge is 0.410 e. The molecule has 0 radical (unpaired) electrons. The Labute approximate surface area is 308 Å². The summed E-state index contributed by atoms with van der Waals surface area (Å²) in [5.41, 5.74) is 1.14. The minimum Gasteiger partial charge on any atom is -0.496 e. The van der Waals surface area contributed by atoms with Crippen molar-refractivity contribution in [3.05, 3.63) is 82.2 Å². The zero-order valence-electron chi connectivity index (χ0n) is 31.4. The molecule has 3 aromatic carbocycles. The van der Waals surface area contributed by atoms with Gasteiger partial charge in [0.05, 0.1) is 52.6 Å². The predicted molar refractivity (Wildman–Crippen MR) is 192 cm³/mol. The van der Waals surface area contributed by atoms with Crippen molar-refractivity contribution < 1.29 is 57.2 Å². The second kappa shape index (κ2) is 17.4. The molecule has 53 heavy (non-hydrogen) atoms. The Balaban J connectivity index is 2.01. The van der Waals surface area contributed by atoms with Gasteiger partial charge in [0.1, 0.15) is 17.5 Å². The number of ether oxygens (including phenoxy) is 5. The van der Waals surface area contributed by atoms with Gasteiger partial charge in [-0.1, -0.05) is 45.9 Å². The molecule has 1 saturated heterocycles. The minimum absolute atomic E-state index is 0.0438. The maximum absolute atomic E-state index is 16.3. The van der Waals surface area contributed by atoms with Gasteiger partial charge in [-0.05, 0) is 60.1 Å². The Morgan fingerprint density at radius 1 is 0.811 bits per heavy atom. The predicted octanol–water partition coefficient (Wildman–Crippen LogP) is 6.94. The fraction of sp³-hybridized carbons (Fsp3) is 0.436. The number of esters is 1. The molecule has 0 saturated carbocycles. The normalized spacial score (nSPS) is 17.2. The summed E-state index contributed by atoms with van der Waals surface area (Å²) in [6, 6.07) is 10.8. The molecule has 13 nitrogen and oxygen atoms in total. The van der Waals surface area contributed by atoms with E-state index in [9.17, 15) is 24.3 Å². The number of hydrogen-bond acceptors (Lipinski definition) is 10. The van der Waals surface area contributed by atoms with Crippen molar-refractivity contribution in [3.8, 4) is 23.0 Å². The largest absolute Gasteiger partial charge is 0.496 e. The highest BCUT2D eigenvalue weighted by Gasteiger charge is 2.50. The van der Waals surface area contributed by atoms with Gasteiger partial charge in [0.2, 0.25) is 6.23 Å². The molecule has 286 valence electrons. The lowest BCUT2D eigenvalue weighted by Gasteiger charge is -2.40. The lowest BCUT2D eigenvalue weighted by molar-refractivity contribution is -0.175. The van der Waals surface area contributed by atoms with Crippen LogP contribution in [0.2, 0.25) is 0 Å². The van der Waals surface area contributed by atoms with Crippen molar-refractivity contribution in [2.75, 3.05) is 42.1 Å². The van der Waals surface area contributed by atoms with Gasteiger partial charge in [0, 0.05) is 18.2 Å². The first-order chi connectivity index (χ1) is 25.2. The van der Waals surface area contributed by atoms with E-state index < -0.39 is 53.3 Å². The van der Waals surface area contributed by atoms with Gasteiger partial charge in [0.25, 0.3) is 5.91 Å².